The molecule has 0 radical (unpaired) electrons. The van der Waals surface area contributed by atoms with Crippen molar-refractivity contribution in [1.82, 2.24) is 19.4 Å². The Hall–Kier alpha value is -3.73. The summed E-state index contributed by atoms with van der Waals surface area (Å²) in [6, 6.07) is 13.8. The number of halogens is 2. The fourth-order valence-electron chi connectivity index (χ4n) is 6.29. The number of benzene rings is 2. The van der Waals surface area contributed by atoms with Crippen molar-refractivity contribution >= 4 is 34.4 Å². The molecule has 0 amide bonds. The first kappa shape index (κ1) is 29.3. The van der Waals surface area contributed by atoms with Gasteiger partial charge in [-0.3, -0.25) is 4.90 Å². The predicted molar refractivity (Wildman–Crippen MR) is 163 cm³/mol. The number of carbonyl (C=O) groups is 1. The maximum Gasteiger partial charge on any atom is 0.354 e. The predicted octanol–water partition coefficient (Wildman–Crippen LogP) is 5.64. The standard InChI is InChI=1S/C32H35ClFN5O4/c1-3-21(40)16-39-29(35-25-9-10-26(32(41)42)36-31(25)39)17-38-13-11-19(12-14-38)22-5-4-6-28-30(22)37(2)27(18-43-28)23-8-7-20(33)15-24(23)34/h4-10,15,19,21,27,40H,3,11-14,16-18H2,1-2H3,(H,41,42)/t21-,27?/m0/s1. The van der Waals surface area contributed by atoms with Crippen LogP contribution in [-0.2, 0) is 13.1 Å². The van der Waals surface area contributed by atoms with Crippen LogP contribution >= 0.6 is 11.6 Å². The summed E-state index contributed by atoms with van der Waals surface area (Å²) < 4.78 is 22.9. The minimum Gasteiger partial charge on any atom is -0.489 e. The number of likely N-dealkylation sites (N-methyl/N-ethyl adjacent to an activating group) is 1. The van der Waals surface area contributed by atoms with Crippen LogP contribution in [0.3, 0.4) is 0 Å². The van der Waals surface area contributed by atoms with Crippen molar-refractivity contribution in [1.29, 1.82) is 0 Å². The van der Waals surface area contributed by atoms with E-state index in [9.17, 15) is 19.4 Å². The maximum atomic E-state index is 14.9. The molecule has 11 heteroatoms. The van der Waals surface area contributed by atoms with E-state index in [1.54, 1.807) is 18.2 Å². The zero-order valence-electron chi connectivity index (χ0n) is 24.2. The van der Waals surface area contributed by atoms with Crippen molar-refractivity contribution in [3.05, 3.63) is 82.0 Å². The Labute approximate surface area is 254 Å². The Kier molecular flexibility index (Phi) is 8.26. The smallest absolute Gasteiger partial charge is 0.354 e. The van der Waals surface area contributed by atoms with Gasteiger partial charge in [-0.15, -0.1) is 0 Å². The Morgan fingerprint density at radius 2 is 1.93 bits per heavy atom. The van der Waals surface area contributed by atoms with E-state index >= 15 is 0 Å². The van der Waals surface area contributed by atoms with Gasteiger partial charge in [-0.05, 0) is 74.2 Å². The quantitative estimate of drug-likeness (QED) is 0.265. The van der Waals surface area contributed by atoms with Crippen molar-refractivity contribution in [2.45, 2.75) is 57.3 Å². The number of carboxylic acid groups (broad SMARTS) is 1. The van der Waals surface area contributed by atoms with Crippen LogP contribution in [-0.4, -0.2) is 68.5 Å². The first-order valence-corrected chi connectivity index (χ1v) is 15.0. The average Bonchev–Trinajstić information content (AvgIpc) is 3.33. The van der Waals surface area contributed by atoms with Crippen LogP contribution in [0.4, 0.5) is 10.1 Å². The number of nitrogens with zero attached hydrogens (tertiary/aromatic N) is 5. The molecular formula is C32H35ClFN5O4. The Balaban J connectivity index is 1.21. The third-order valence-electron chi connectivity index (χ3n) is 8.72. The molecule has 0 aliphatic carbocycles. The van der Waals surface area contributed by atoms with Crippen molar-refractivity contribution in [2.75, 3.05) is 31.6 Å². The lowest BCUT2D eigenvalue weighted by molar-refractivity contribution is 0.0691. The zero-order valence-corrected chi connectivity index (χ0v) is 25.0. The van der Waals surface area contributed by atoms with Gasteiger partial charge in [0.15, 0.2) is 11.3 Å². The molecule has 2 atom stereocenters. The molecule has 2 aliphatic rings. The number of carboxylic acids is 1. The highest BCUT2D eigenvalue weighted by Crippen LogP contribution is 2.46. The summed E-state index contributed by atoms with van der Waals surface area (Å²) in [6.45, 7) is 4.79. The van der Waals surface area contributed by atoms with Gasteiger partial charge in [0, 0.05) is 17.6 Å². The first-order chi connectivity index (χ1) is 20.7. The molecule has 43 heavy (non-hydrogen) atoms. The van der Waals surface area contributed by atoms with E-state index in [-0.39, 0.29) is 17.6 Å². The first-order valence-electron chi connectivity index (χ1n) is 14.7. The molecule has 2 aliphatic heterocycles. The van der Waals surface area contributed by atoms with Crippen LogP contribution in [0.5, 0.6) is 5.75 Å². The molecule has 226 valence electrons. The summed E-state index contributed by atoms with van der Waals surface area (Å²) in [7, 11) is 2.00. The second-order valence-corrected chi connectivity index (χ2v) is 11.8. The molecule has 2 aromatic heterocycles. The number of para-hydroxylation sites is 1. The highest BCUT2D eigenvalue weighted by atomic mass is 35.5. The van der Waals surface area contributed by atoms with Crippen LogP contribution in [0.2, 0.25) is 5.02 Å². The van der Waals surface area contributed by atoms with E-state index in [0.717, 1.165) is 43.2 Å². The zero-order chi connectivity index (χ0) is 30.2. The lowest BCUT2D eigenvalue weighted by Gasteiger charge is -2.40. The molecule has 6 rings (SSSR count). The Morgan fingerprint density at radius 1 is 1.14 bits per heavy atom. The molecule has 1 unspecified atom stereocenters. The molecule has 9 nitrogen and oxygen atoms in total. The number of anilines is 1. The highest BCUT2D eigenvalue weighted by Gasteiger charge is 2.33. The van der Waals surface area contributed by atoms with E-state index in [1.807, 2.05) is 30.7 Å². The van der Waals surface area contributed by atoms with E-state index in [1.165, 1.54) is 17.7 Å². The van der Waals surface area contributed by atoms with E-state index in [4.69, 9.17) is 21.3 Å². The number of rotatable bonds is 8. The summed E-state index contributed by atoms with van der Waals surface area (Å²) in [4.78, 5) is 25.1. The number of piperidine rings is 1. The van der Waals surface area contributed by atoms with Crippen LogP contribution < -0.4 is 9.64 Å². The second kappa shape index (κ2) is 12.1. The lowest BCUT2D eigenvalue weighted by atomic mass is 9.87. The van der Waals surface area contributed by atoms with Gasteiger partial charge < -0.3 is 24.4 Å². The summed E-state index contributed by atoms with van der Waals surface area (Å²) >= 11 is 6.01. The number of likely N-dealkylation sites (tertiary alicyclic amines) is 1. The number of imidazole rings is 1. The summed E-state index contributed by atoms with van der Waals surface area (Å²) in [5.74, 6) is 0.428. The number of fused-ring (bicyclic) bond motifs is 2. The third kappa shape index (κ3) is 5.79. The van der Waals surface area contributed by atoms with Gasteiger partial charge in [0.25, 0.3) is 0 Å². The monoisotopic (exact) mass is 607 g/mol. The average molecular weight is 608 g/mol. The van der Waals surface area contributed by atoms with Crippen LogP contribution in [0.1, 0.15) is 65.6 Å². The van der Waals surface area contributed by atoms with E-state index in [0.29, 0.717) is 53.8 Å². The number of aliphatic hydroxyl groups excluding tert-OH is 1. The number of aliphatic hydroxyl groups is 1. The molecule has 0 saturated carbocycles. The normalized spacial score (nSPS) is 18.4. The van der Waals surface area contributed by atoms with E-state index < -0.39 is 12.1 Å². The summed E-state index contributed by atoms with van der Waals surface area (Å²) in [5.41, 5.74) is 3.80. The van der Waals surface area contributed by atoms with Gasteiger partial charge in [-0.2, -0.15) is 0 Å². The minimum atomic E-state index is -1.10. The molecule has 4 heterocycles. The van der Waals surface area contributed by atoms with Crippen LogP contribution in [0.25, 0.3) is 11.2 Å². The van der Waals surface area contributed by atoms with Gasteiger partial charge in [0.05, 0.1) is 30.9 Å². The molecule has 1 saturated heterocycles. The lowest BCUT2D eigenvalue weighted by Crippen LogP contribution is -2.37. The highest BCUT2D eigenvalue weighted by molar-refractivity contribution is 6.30. The topological polar surface area (TPSA) is 104 Å². The van der Waals surface area contributed by atoms with Gasteiger partial charge in [0.2, 0.25) is 0 Å². The van der Waals surface area contributed by atoms with Gasteiger partial charge in [0.1, 0.15) is 29.5 Å². The molecule has 0 spiro atoms. The largest absolute Gasteiger partial charge is 0.489 e. The molecule has 1 fully saturated rings. The number of hydrogen-bond acceptors (Lipinski definition) is 7. The van der Waals surface area contributed by atoms with Gasteiger partial charge >= 0.3 is 5.97 Å². The molecule has 2 aromatic carbocycles. The van der Waals surface area contributed by atoms with Crippen LogP contribution in [0.15, 0.2) is 48.5 Å². The second-order valence-electron chi connectivity index (χ2n) is 11.4. The van der Waals surface area contributed by atoms with Crippen molar-refractivity contribution < 1.29 is 24.1 Å². The fourth-order valence-corrected chi connectivity index (χ4v) is 6.45. The van der Waals surface area contributed by atoms with Crippen LogP contribution in [0, 0.1) is 5.82 Å². The summed E-state index contributed by atoms with van der Waals surface area (Å²) in [6.07, 6.45) is 1.81. The van der Waals surface area contributed by atoms with Crippen molar-refractivity contribution in [3.63, 3.8) is 0 Å². The third-order valence-corrected chi connectivity index (χ3v) is 8.95. The van der Waals surface area contributed by atoms with Gasteiger partial charge in [-0.25, -0.2) is 19.2 Å². The number of pyridine rings is 1. The molecule has 4 aromatic rings. The Bertz CT molecular complexity index is 1650. The SMILES string of the molecule is CC[C@H](O)Cn1c(CN2CCC(c3cccc4c3N(C)C(c3ccc(Cl)cc3F)CO4)CC2)nc2ccc(C(=O)O)nc21. The molecular weight excluding hydrogens is 573 g/mol. The number of aromatic nitrogens is 3. The van der Waals surface area contributed by atoms with Gasteiger partial charge in [-0.1, -0.05) is 36.7 Å². The Morgan fingerprint density at radius 3 is 2.65 bits per heavy atom. The minimum absolute atomic E-state index is 0.0480. The summed E-state index contributed by atoms with van der Waals surface area (Å²) in [5, 5.41) is 20.3. The van der Waals surface area contributed by atoms with Crippen molar-refractivity contribution in [3.8, 4) is 5.75 Å². The number of aromatic carboxylic acids is 1. The number of hydrogen-bond donors (Lipinski definition) is 2. The van der Waals surface area contributed by atoms with Crippen molar-refractivity contribution in [2.24, 2.45) is 0 Å². The molecule has 2 N–H and O–H groups in total. The molecule has 0 bridgehead atoms. The number of ether oxygens (including phenoxy) is 1. The van der Waals surface area contributed by atoms with E-state index in [2.05, 4.69) is 20.9 Å². The maximum absolute atomic E-state index is 14.9. The fraction of sp³-hybridized carbons (Fsp3) is 0.406.